The normalized spacial score (nSPS) is 15.2. The Morgan fingerprint density at radius 1 is 1.33 bits per heavy atom. The van der Waals surface area contributed by atoms with Crippen molar-refractivity contribution in [2.24, 2.45) is 0 Å². The van der Waals surface area contributed by atoms with E-state index in [-0.39, 0.29) is 0 Å². The van der Waals surface area contributed by atoms with E-state index in [1.165, 1.54) is 0 Å². The van der Waals surface area contributed by atoms with Crippen molar-refractivity contribution in [2.75, 3.05) is 33.5 Å². The number of aliphatic hydroxyl groups is 1. The average molecular weight is 219 g/mol. The summed E-state index contributed by atoms with van der Waals surface area (Å²) in [6, 6.07) is 0.462. The van der Waals surface area contributed by atoms with Crippen molar-refractivity contribution in [3.8, 4) is 0 Å². The van der Waals surface area contributed by atoms with Gasteiger partial charge in [-0.05, 0) is 13.3 Å². The topological polar surface area (TPSA) is 50.7 Å². The highest BCUT2D eigenvalue weighted by molar-refractivity contribution is 4.64. The maximum absolute atomic E-state index is 9.54. The van der Waals surface area contributed by atoms with Gasteiger partial charge in [0.05, 0.1) is 25.9 Å². The lowest BCUT2D eigenvalue weighted by molar-refractivity contribution is 0.0130. The Morgan fingerprint density at radius 2 is 2.07 bits per heavy atom. The number of ether oxygens (including phenoxy) is 2. The zero-order valence-corrected chi connectivity index (χ0v) is 10.2. The molecular formula is C11H25NO3. The highest BCUT2D eigenvalue weighted by Crippen LogP contribution is 1.95. The summed E-state index contributed by atoms with van der Waals surface area (Å²) in [5.74, 6) is 0. The summed E-state index contributed by atoms with van der Waals surface area (Å²) in [4.78, 5) is 0. The third kappa shape index (κ3) is 10.1. The zero-order chi connectivity index (χ0) is 11.5. The van der Waals surface area contributed by atoms with Gasteiger partial charge in [-0.3, -0.25) is 0 Å². The zero-order valence-electron chi connectivity index (χ0n) is 10.2. The Morgan fingerprint density at radius 3 is 2.67 bits per heavy atom. The molecule has 0 bridgehead atoms. The molecule has 0 aromatic carbocycles. The Kier molecular flexibility index (Phi) is 10.3. The number of aliphatic hydroxyl groups excluding tert-OH is 1. The summed E-state index contributed by atoms with van der Waals surface area (Å²) in [6.45, 7) is 6.36. The predicted molar refractivity (Wildman–Crippen MR) is 61.1 cm³/mol. The molecule has 0 aliphatic heterocycles. The number of hydrogen-bond acceptors (Lipinski definition) is 4. The molecule has 0 aromatic heterocycles. The first-order chi connectivity index (χ1) is 7.20. The van der Waals surface area contributed by atoms with Crippen LogP contribution in [0.25, 0.3) is 0 Å². The van der Waals surface area contributed by atoms with Crippen LogP contribution in [0.2, 0.25) is 0 Å². The molecule has 2 atom stereocenters. The van der Waals surface area contributed by atoms with Gasteiger partial charge in [0.2, 0.25) is 0 Å². The number of nitrogens with one attached hydrogen (secondary N) is 1. The second-order valence-corrected chi connectivity index (χ2v) is 3.82. The number of hydrogen-bond donors (Lipinski definition) is 2. The van der Waals surface area contributed by atoms with E-state index in [0.717, 1.165) is 12.8 Å². The van der Waals surface area contributed by atoms with Gasteiger partial charge in [-0.2, -0.15) is 0 Å². The molecule has 0 heterocycles. The van der Waals surface area contributed by atoms with E-state index in [1.807, 2.05) is 0 Å². The quantitative estimate of drug-likeness (QED) is 0.533. The number of rotatable bonds is 10. The first kappa shape index (κ1) is 14.8. The molecule has 4 heteroatoms. The molecule has 0 fully saturated rings. The van der Waals surface area contributed by atoms with Gasteiger partial charge in [0.1, 0.15) is 0 Å². The van der Waals surface area contributed by atoms with Crippen molar-refractivity contribution in [2.45, 2.75) is 38.8 Å². The predicted octanol–water partition coefficient (Wildman–Crippen LogP) is 0.788. The fourth-order valence-electron chi connectivity index (χ4n) is 1.29. The second-order valence-electron chi connectivity index (χ2n) is 3.82. The van der Waals surface area contributed by atoms with Gasteiger partial charge < -0.3 is 19.9 Å². The molecule has 0 rings (SSSR count). The molecule has 15 heavy (non-hydrogen) atoms. The highest BCUT2D eigenvalue weighted by atomic mass is 16.5. The van der Waals surface area contributed by atoms with Gasteiger partial charge in [-0.25, -0.2) is 0 Å². The Balaban J connectivity index is 3.28. The van der Waals surface area contributed by atoms with Crippen molar-refractivity contribution < 1.29 is 14.6 Å². The molecule has 0 aliphatic carbocycles. The van der Waals surface area contributed by atoms with Crippen LogP contribution in [0.3, 0.4) is 0 Å². The molecule has 2 unspecified atom stereocenters. The first-order valence-corrected chi connectivity index (χ1v) is 5.68. The summed E-state index contributed by atoms with van der Waals surface area (Å²) >= 11 is 0. The van der Waals surface area contributed by atoms with Crippen LogP contribution >= 0.6 is 0 Å². The summed E-state index contributed by atoms with van der Waals surface area (Å²) < 4.78 is 10.0. The third-order valence-corrected chi connectivity index (χ3v) is 2.17. The van der Waals surface area contributed by atoms with Crippen molar-refractivity contribution in [3.63, 3.8) is 0 Å². The monoisotopic (exact) mass is 219 g/mol. The van der Waals surface area contributed by atoms with Crippen LogP contribution in [0, 0.1) is 0 Å². The van der Waals surface area contributed by atoms with E-state index >= 15 is 0 Å². The van der Waals surface area contributed by atoms with Crippen molar-refractivity contribution in [3.05, 3.63) is 0 Å². The molecule has 0 amide bonds. The maximum Gasteiger partial charge on any atom is 0.0897 e. The summed E-state index contributed by atoms with van der Waals surface area (Å²) in [7, 11) is 1.63. The van der Waals surface area contributed by atoms with E-state index in [0.29, 0.717) is 32.4 Å². The third-order valence-electron chi connectivity index (χ3n) is 2.17. The van der Waals surface area contributed by atoms with Crippen LogP contribution in [-0.2, 0) is 9.47 Å². The minimum absolute atomic E-state index is 0.370. The molecule has 0 saturated carbocycles. The van der Waals surface area contributed by atoms with Gasteiger partial charge in [-0.15, -0.1) is 0 Å². The van der Waals surface area contributed by atoms with Gasteiger partial charge in [-0.1, -0.05) is 13.3 Å². The summed E-state index contributed by atoms with van der Waals surface area (Å²) in [6.07, 6.45) is 1.87. The minimum Gasteiger partial charge on any atom is -0.389 e. The molecule has 0 saturated heterocycles. The van der Waals surface area contributed by atoms with Gasteiger partial charge in [0.15, 0.2) is 0 Å². The smallest absolute Gasteiger partial charge is 0.0897 e. The van der Waals surface area contributed by atoms with Gasteiger partial charge >= 0.3 is 0 Å². The van der Waals surface area contributed by atoms with Crippen LogP contribution in [0.5, 0.6) is 0 Å². The molecule has 0 radical (unpaired) electrons. The SMILES string of the molecule is CCCC(C)NCC(O)COCCOC. The maximum atomic E-state index is 9.54. The standard InChI is InChI=1S/C11H25NO3/c1-4-5-10(2)12-8-11(13)9-15-7-6-14-3/h10-13H,4-9H2,1-3H3. The largest absolute Gasteiger partial charge is 0.389 e. The van der Waals surface area contributed by atoms with Crippen LogP contribution in [0.4, 0.5) is 0 Å². The Bertz CT molecular complexity index is 133. The van der Waals surface area contributed by atoms with Gasteiger partial charge in [0, 0.05) is 19.7 Å². The molecule has 0 aliphatic rings. The lowest BCUT2D eigenvalue weighted by atomic mass is 10.2. The van der Waals surface area contributed by atoms with E-state index in [1.54, 1.807) is 7.11 Å². The highest BCUT2D eigenvalue weighted by Gasteiger charge is 2.06. The lowest BCUT2D eigenvalue weighted by Crippen LogP contribution is -2.36. The van der Waals surface area contributed by atoms with E-state index in [4.69, 9.17) is 9.47 Å². The molecule has 4 nitrogen and oxygen atoms in total. The second kappa shape index (κ2) is 10.4. The van der Waals surface area contributed by atoms with E-state index in [2.05, 4.69) is 19.2 Å². The van der Waals surface area contributed by atoms with Crippen molar-refractivity contribution >= 4 is 0 Å². The fraction of sp³-hybridized carbons (Fsp3) is 1.00. The van der Waals surface area contributed by atoms with Crippen molar-refractivity contribution in [1.82, 2.24) is 5.32 Å². The van der Waals surface area contributed by atoms with Gasteiger partial charge in [0.25, 0.3) is 0 Å². The average Bonchev–Trinajstić information content (AvgIpc) is 2.22. The fourth-order valence-corrected chi connectivity index (χ4v) is 1.29. The van der Waals surface area contributed by atoms with Crippen molar-refractivity contribution in [1.29, 1.82) is 0 Å². The first-order valence-electron chi connectivity index (χ1n) is 5.68. The van der Waals surface area contributed by atoms with Crippen LogP contribution in [0.1, 0.15) is 26.7 Å². The molecular weight excluding hydrogens is 194 g/mol. The lowest BCUT2D eigenvalue weighted by Gasteiger charge is -2.16. The molecule has 0 spiro atoms. The van der Waals surface area contributed by atoms with Crippen LogP contribution in [-0.4, -0.2) is 50.7 Å². The molecule has 92 valence electrons. The molecule has 0 aromatic rings. The van der Waals surface area contributed by atoms with E-state index < -0.39 is 6.10 Å². The Labute approximate surface area is 93.0 Å². The Hall–Kier alpha value is -0.160. The van der Waals surface area contributed by atoms with Crippen LogP contribution in [0.15, 0.2) is 0 Å². The summed E-state index contributed by atoms with van der Waals surface area (Å²) in [5.41, 5.74) is 0. The molecule has 2 N–H and O–H groups in total. The minimum atomic E-state index is -0.429. The summed E-state index contributed by atoms with van der Waals surface area (Å²) in [5, 5.41) is 12.8. The van der Waals surface area contributed by atoms with Crippen LogP contribution < -0.4 is 5.32 Å². The number of methoxy groups -OCH3 is 1. The van der Waals surface area contributed by atoms with E-state index in [9.17, 15) is 5.11 Å².